The smallest absolute Gasteiger partial charge is 0.316 e. The first-order valence-corrected chi connectivity index (χ1v) is 11.5. The second-order valence-electron chi connectivity index (χ2n) is 7.28. The van der Waals surface area contributed by atoms with Gasteiger partial charge in [0.25, 0.3) is 0 Å². The van der Waals surface area contributed by atoms with Crippen LogP contribution in [0, 0.1) is 0 Å². The fourth-order valence-electron chi connectivity index (χ4n) is 3.32. The van der Waals surface area contributed by atoms with Crippen LogP contribution >= 0.6 is 0 Å². The Bertz CT molecular complexity index is 1040. The van der Waals surface area contributed by atoms with Gasteiger partial charge in [-0.3, -0.25) is 4.79 Å². The lowest BCUT2D eigenvalue weighted by atomic mass is 10.2. The van der Waals surface area contributed by atoms with Gasteiger partial charge in [-0.2, -0.15) is 4.31 Å². The first-order valence-electron chi connectivity index (χ1n) is 10.1. The molecule has 164 valence electrons. The first kappa shape index (κ1) is 22.5. The van der Waals surface area contributed by atoms with E-state index in [2.05, 4.69) is 10.6 Å². The van der Waals surface area contributed by atoms with Gasteiger partial charge in [0.05, 0.1) is 4.90 Å². The topological polar surface area (TPSA) is 122 Å². The highest BCUT2D eigenvalue weighted by Crippen LogP contribution is 2.21. The van der Waals surface area contributed by atoms with Crippen molar-refractivity contribution in [3.8, 4) is 0 Å². The Labute approximate surface area is 182 Å². The standard InChI is InChI=1S/C22H26N4O4S/c23-22(28)25-19-10-8-18(9-11-19)24-21(27)14-7-17-5-12-20(13-6-17)31(29,30)26-15-3-1-2-4-16-26/h5-14H,1-4,15-16H2,(H,24,27)(H3,23,25,28)/b14-7+. The minimum absolute atomic E-state index is 0.265. The quantitative estimate of drug-likeness (QED) is 0.594. The van der Waals surface area contributed by atoms with Crippen molar-refractivity contribution in [3.63, 3.8) is 0 Å². The van der Waals surface area contributed by atoms with E-state index in [9.17, 15) is 18.0 Å². The number of nitrogens with one attached hydrogen (secondary N) is 2. The summed E-state index contributed by atoms with van der Waals surface area (Å²) in [4.78, 5) is 23.2. The summed E-state index contributed by atoms with van der Waals surface area (Å²) in [6.45, 7) is 1.12. The molecule has 2 aromatic carbocycles. The number of benzene rings is 2. The molecule has 1 heterocycles. The van der Waals surface area contributed by atoms with E-state index >= 15 is 0 Å². The van der Waals surface area contributed by atoms with Crippen LogP contribution in [0.4, 0.5) is 16.2 Å². The van der Waals surface area contributed by atoms with Crippen molar-refractivity contribution < 1.29 is 18.0 Å². The third-order valence-electron chi connectivity index (χ3n) is 4.93. The van der Waals surface area contributed by atoms with Crippen LogP contribution in [0.3, 0.4) is 0 Å². The molecule has 3 rings (SSSR count). The molecule has 0 aromatic heterocycles. The van der Waals surface area contributed by atoms with Gasteiger partial charge >= 0.3 is 6.03 Å². The summed E-state index contributed by atoms with van der Waals surface area (Å²) in [7, 11) is -3.49. The Morgan fingerprint density at radius 2 is 1.39 bits per heavy atom. The molecule has 3 amide bonds. The van der Waals surface area contributed by atoms with Gasteiger partial charge in [-0.05, 0) is 60.9 Å². The molecule has 2 aromatic rings. The minimum atomic E-state index is -3.49. The number of nitrogens with zero attached hydrogens (tertiary/aromatic N) is 1. The second kappa shape index (κ2) is 10.2. The monoisotopic (exact) mass is 442 g/mol. The Morgan fingerprint density at radius 3 is 1.94 bits per heavy atom. The summed E-state index contributed by atoms with van der Waals surface area (Å²) in [6.07, 6.45) is 6.88. The van der Waals surface area contributed by atoms with Crippen molar-refractivity contribution in [2.24, 2.45) is 5.73 Å². The third kappa shape index (κ3) is 6.40. The fourth-order valence-corrected chi connectivity index (χ4v) is 4.83. The molecule has 4 N–H and O–H groups in total. The second-order valence-corrected chi connectivity index (χ2v) is 9.21. The molecule has 0 saturated carbocycles. The summed E-state index contributed by atoms with van der Waals surface area (Å²) in [6, 6.07) is 12.4. The average molecular weight is 443 g/mol. The molecule has 0 atom stereocenters. The summed E-state index contributed by atoms with van der Waals surface area (Å²) in [5.74, 6) is -0.336. The number of sulfonamides is 1. The number of rotatable bonds is 6. The number of carbonyl (C=O) groups is 2. The van der Waals surface area contributed by atoms with Crippen molar-refractivity contribution in [3.05, 3.63) is 60.2 Å². The molecule has 0 bridgehead atoms. The van der Waals surface area contributed by atoms with Crippen LogP contribution in [0.25, 0.3) is 6.08 Å². The summed E-state index contributed by atoms with van der Waals surface area (Å²) >= 11 is 0. The molecule has 1 aliphatic heterocycles. The van der Waals surface area contributed by atoms with E-state index in [1.807, 2.05) is 0 Å². The van der Waals surface area contributed by atoms with Crippen LogP contribution in [0.5, 0.6) is 0 Å². The molecule has 1 saturated heterocycles. The van der Waals surface area contributed by atoms with Crippen molar-refractivity contribution in [2.75, 3.05) is 23.7 Å². The first-order chi connectivity index (χ1) is 14.8. The van der Waals surface area contributed by atoms with E-state index < -0.39 is 16.1 Å². The van der Waals surface area contributed by atoms with Gasteiger partial charge in [-0.15, -0.1) is 0 Å². The number of nitrogens with two attached hydrogens (primary N) is 1. The average Bonchev–Trinajstić information content (AvgIpc) is 3.04. The van der Waals surface area contributed by atoms with Gasteiger partial charge < -0.3 is 16.4 Å². The maximum Gasteiger partial charge on any atom is 0.316 e. The van der Waals surface area contributed by atoms with Gasteiger partial charge in [-0.25, -0.2) is 13.2 Å². The van der Waals surface area contributed by atoms with E-state index in [4.69, 9.17) is 5.73 Å². The van der Waals surface area contributed by atoms with Crippen LogP contribution in [-0.2, 0) is 14.8 Å². The molecular weight excluding hydrogens is 416 g/mol. The number of hydrogen-bond donors (Lipinski definition) is 3. The molecule has 0 spiro atoms. The number of hydrogen-bond acceptors (Lipinski definition) is 4. The highest BCUT2D eigenvalue weighted by atomic mass is 32.2. The molecule has 31 heavy (non-hydrogen) atoms. The molecular formula is C22H26N4O4S. The van der Waals surface area contributed by atoms with Crippen LogP contribution in [-0.4, -0.2) is 37.8 Å². The van der Waals surface area contributed by atoms with Crippen LogP contribution < -0.4 is 16.4 Å². The van der Waals surface area contributed by atoms with Gasteiger partial charge in [0.1, 0.15) is 0 Å². The number of amides is 3. The molecule has 8 nitrogen and oxygen atoms in total. The molecule has 9 heteroatoms. The Kier molecular flexibility index (Phi) is 7.43. The minimum Gasteiger partial charge on any atom is -0.351 e. The molecule has 0 aliphatic carbocycles. The molecule has 0 radical (unpaired) electrons. The highest BCUT2D eigenvalue weighted by Gasteiger charge is 2.24. The van der Waals surface area contributed by atoms with Crippen molar-refractivity contribution in [2.45, 2.75) is 30.6 Å². The molecule has 0 unspecified atom stereocenters. The number of primary amides is 1. The van der Waals surface area contributed by atoms with E-state index in [0.717, 1.165) is 25.7 Å². The van der Waals surface area contributed by atoms with Crippen LogP contribution in [0.2, 0.25) is 0 Å². The lowest BCUT2D eigenvalue weighted by molar-refractivity contribution is -0.111. The normalized spacial score (nSPS) is 15.4. The van der Waals surface area contributed by atoms with Crippen molar-refractivity contribution in [1.82, 2.24) is 4.31 Å². The predicted octanol–water partition coefficient (Wildman–Crippen LogP) is 3.39. The molecule has 1 aliphatic rings. The lowest BCUT2D eigenvalue weighted by Gasteiger charge is -2.19. The number of carbonyl (C=O) groups excluding carboxylic acids is 2. The van der Waals surface area contributed by atoms with E-state index in [-0.39, 0.29) is 10.8 Å². The van der Waals surface area contributed by atoms with Gasteiger partial charge in [0, 0.05) is 30.5 Å². The maximum atomic E-state index is 12.8. The summed E-state index contributed by atoms with van der Waals surface area (Å²) in [5.41, 5.74) is 6.85. The largest absolute Gasteiger partial charge is 0.351 e. The van der Waals surface area contributed by atoms with Crippen molar-refractivity contribution in [1.29, 1.82) is 0 Å². The highest BCUT2D eigenvalue weighted by molar-refractivity contribution is 7.89. The van der Waals surface area contributed by atoms with E-state index in [0.29, 0.717) is 30.0 Å². The molecule has 1 fully saturated rings. The maximum absolute atomic E-state index is 12.8. The Hall–Kier alpha value is -3.17. The van der Waals surface area contributed by atoms with Crippen LogP contribution in [0.1, 0.15) is 31.2 Å². The number of anilines is 2. The van der Waals surface area contributed by atoms with Gasteiger partial charge in [0.15, 0.2) is 0 Å². The zero-order valence-electron chi connectivity index (χ0n) is 17.1. The predicted molar refractivity (Wildman–Crippen MR) is 121 cm³/mol. The summed E-state index contributed by atoms with van der Waals surface area (Å²) < 4.78 is 27.2. The number of urea groups is 1. The summed E-state index contributed by atoms with van der Waals surface area (Å²) in [5, 5.41) is 5.14. The van der Waals surface area contributed by atoms with E-state index in [1.54, 1.807) is 58.9 Å². The van der Waals surface area contributed by atoms with Crippen molar-refractivity contribution >= 4 is 39.4 Å². The zero-order chi connectivity index (χ0) is 22.3. The zero-order valence-corrected chi connectivity index (χ0v) is 17.9. The fraction of sp³-hybridized carbons (Fsp3) is 0.273. The van der Waals surface area contributed by atoms with Gasteiger partial charge in [-0.1, -0.05) is 25.0 Å². The lowest BCUT2D eigenvalue weighted by Crippen LogP contribution is -2.31. The van der Waals surface area contributed by atoms with E-state index in [1.165, 1.54) is 6.08 Å². The Balaban J connectivity index is 1.59. The van der Waals surface area contributed by atoms with Crippen LogP contribution in [0.15, 0.2) is 59.5 Å². The Morgan fingerprint density at radius 1 is 0.839 bits per heavy atom. The van der Waals surface area contributed by atoms with Gasteiger partial charge in [0.2, 0.25) is 15.9 Å². The third-order valence-corrected chi connectivity index (χ3v) is 6.84. The SMILES string of the molecule is NC(=O)Nc1ccc(NC(=O)/C=C/c2ccc(S(=O)(=O)N3CCCCCC3)cc2)cc1.